The van der Waals surface area contributed by atoms with Crippen molar-refractivity contribution in [1.82, 2.24) is 4.57 Å². The second-order valence-electron chi connectivity index (χ2n) is 12.6. The van der Waals surface area contributed by atoms with Gasteiger partial charge in [-0.15, -0.1) is 0 Å². The zero-order chi connectivity index (χ0) is 30.1. The summed E-state index contributed by atoms with van der Waals surface area (Å²) in [6, 6.07) is 57.7. The van der Waals surface area contributed by atoms with Gasteiger partial charge < -0.3 is 9.47 Å². The fourth-order valence-electron chi connectivity index (χ4n) is 7.66. The standard InChI is InChI=1S/C43H32N2/c1-43(2)37-21-11-8-18-33(37)34-26-25-31(28-38(34)43)44(30-15-4-3-5-16-30)42-32-17-7-6-14-29(32)24-27-41(42)45-39-22-12-9-19-35(39)36-20-10-13-23-40(36)45/h3-28H,1-2H3. The van der Waals surface area contributed by atoms with E-state index in [1.54, 1.807) is 0 Å². The lowest BCUT2D eigenvalue weighted by Crippen LogP contribution is -2.17. The van der Waals surface area contributed by atoms with E-state index >= 15 is 0 Å². The van der Waals surface area contributed by atoms with Gasteiger partial charge in [-0.05, 0) is 70.1 Å². The number of hydrogen-bond donors (Lipinski definition) is 0. The smallest absolute Gasteiger partial charge is 0.0781 e. The van der Waals surface area contributed by atoms with Crippen LogP contribution in [0.25, 0.3) is 49.4 Å². The van der Waals surface area contributed by atoms with Crippen LogP contribution >= 0.6 is 0 Å². The van der Waals surface area contributed by atoms with Gasteiger partial charge in [0.1, 0.15) is 0 Å². The second kappa shape index (κ2) is 9.70. The highest BCUT2D eigenvalue weighted by Crippen LogP contribution is 2.52. The lowest BCUT2D eigenvalue weighted by molar-refractivity contribution is 0.660. The predicted molar refractivity (Wildman–Crippen MR) is 191 cm³/mol. The highest BCUT2D eigenvalue weighted by atomic mass is 15.2. The number of rotatable bonds is 4. The summed E-state index contributed by atoms with van der Waals surface area (Å²) in [5, 5.41) is 4.95. The van der Waals surface area contributed by atoms with Crippen molar-refractivity contribution in [3.05, 3.63) is 169 Å². The minimum absolute atomic E-state index is 0.0985. The highest BCUT2D eigenvalue weighted by Gasteiger charge is 2.36. The maximum Gasteiger partial charge on any atom is 0.0781 e. The van der Waals surface area contributed by atoms with Gasteiger partial charge in [0.2, 0.25) is 0 Å². The van der Waals surface area contributed by atoms with E-state index in [-0.39, 0.29) is 5.41 Å². The molecule has 8 aromatic rings. The molecule has 0 saturated heterocycles. The Bertz CT molecular complexity index is 2360. The third-order valence-corrected chi connectivity index (χ3v) is 9.76. The predicted octanol–water partition coefficient (Wildman–Crippen LogP) is 11.7. The van der Waals surface area contributed by atoms with Gasteiger partial charge in [-0.1, -0.05) is 129 Å². The van der Waals surface area contributed by atoms with Crippen molar-refractivity contribution in [1.29, 1.82) is 0 Å². The molecule has 0 aliphatic heterocycles. The van der Waals surface area contributed by atoms with Crippen molar-refractivity contribution in [2.45, 2.75) is 19.3 Å². The van der Waals surface area contributed by atoms with Crippen molar-refractivity contribution in [3.8, 4) is 16.8 Å². The third-order valence-electron chi connectivity index (χ3n) is 9.76. The van der Waals surface area contributed by atoms with Crippen LogP contribution in [0.1, 0.15) is 25.0 Å². The summed E-state index contributed by atoms with van der Waals surface area (Å²) in [5.74, 6) is 0. The summed E-state index contributed by atoms with van der Waals surface area (Å²) in [6.07, 6.45) is 0. The van der Waals surface area contributed by atoms with Crippen molar-refractivity contribution in [2.75, 3.05) is 4.90 Å². The Kier molecular flexibility index (Phi) is 5.58. The first-order valence-corrected chi connectivity index (χ1v) is 15.7. The Morgan fingerprint density at radius 1 is 0.467 bits per heavy atom. The number of hydrogen-bond acceptors (Lipinski definition) is 1. The van der Waals surface area contributed by atoms with Crippen LogP contribution in [0.15, 0.2) is 158 Å². The van der Waals surface area contributed by atoms with Gasteiger partial charge in [-0.3, -0.25) is 0 Å². The van der Waals surface area contributed by atoms with E-state index in [0.717, 1.165) is 17.1 Å². The van der Waals surface area contributed by atoms with Gasteiger partial charge in [-0.2, -0.15) is 0 Å². The summed E-state index contributed by atoms with van der Waals surface area (Å²) < 4.78 is 2.45. The quantitative estimate of drug-likeness (QED) is 0.202. The largest absolute Gasteiger partial charge is 0.308 e. The number of nitrogens with zero attached hydrogens (tertiary/aromatic N) is 2. The van der Waals surface area contributed by atoms with E-state index in [1.165, 1.54) is 60.5 Å². The molecule has 7 aromatic carbocycles. The van der Waals surface area contributed by atoms with E-state index in [2.05, 4.69) is 181 Å². The summed E-state index contributed by atoms with van der Waals surface area (Å²) >= 11 is 0. The van der Waals surface area contributed by atoms with E-state index in [4.69, 9.17) is 0 Å². The SMILES string of the molecule is CC1(C)c2ccccc2-c2ccc(N(c3ccccc3)c3c(-n4c5ccccc5c5ccccc54)ccc4ccccc34)cc21. The van der Waals surface area contributed by atoms with Crippen molar-refractivity contribution in [2.24, 2.45) is 0 Å². The van der Waals surface area contributed by atoms with Gasteiger partial charge in [0, 0.05) is 32.9 Å². The zero-order valence-electron chi connectivity index (χ0n) is 25.4. The number of aromatic nitrogens is 1. The first-order valence-electron chi connectivity index (χ1n) is 15.7. The number of anilines is 3. The van der Waals surface area contributed by atoms with Crippen molar-refractivity contribution in [3.63, 3.8) is 0 Å². The molecule has 0 spiro atoms. The fourth-order valence-corrected chi connectivity index (χ4v) is 7.66. The lowest BCUT2D eigenvalue weighted by Gasteiger charge is -2.31. The van der Waals surface area contributed by atoms with Gasteiger partial charge in [0.05, 0.1) is 22.4 Å². The van der Waals surface area contributed by atoms with Crippen LogP contribution in [0.3, 0.4) is 0 Å². The summed E-state index contributed by atoms with van der Waals surface area (Å²) in [6.45, 7) is 4.71. The first kappa shape index (κ1) is 25.9. The second-order valence-corrected chi connectivity index (χ2v) is 12.6. The van der Waals surface area contributed by atoms with Gasteiger partial charge in [0.25, 0.3) is 0 Å². The molecule has 2 nitrogen and oxygen atoms in total. The molecule has 0 atom stereocenters. The molecule has 0 N–H and O–H groups in total. The number of fused-ring (bicyclic) bond motifs is 7. The number of para-hydroxylation sites is 3. The van der Waals surface area contributed by atoms with Gasteiger partial charge in [-0.25, -0.2) is 0 Å². The maximum atomic E-state index is 2.47. The van der Waals surface area contributed by atoms with E-state index in [1.807, 2.05) is 0 Å². The Hall–Kier alpha value is -5.60. The molecular weight excluding hydrogens is 544 g/mol. The van der Waals surface area contributed by atoms with Crippen LogP contribution in [0, 0.1) is 0 Å². The molecule has 0 unspecified atom stereocenters. The molecule has 1 aliphatic carbocycles. The maximum absolute atomic E-state index is 2.47. The van der Waals surface area contributed by atoms with Crippen LogP contribution in [0.5, 0.6) is 0 Å². The Balaban J connectivity index is 1.39. The molecule has 214 valence electrons. The van der Waals surface area contributed by atoms with E-state index in [9.17, 15) is 0 Å². The van der Waals surface area contributed by atoms with E-state index in [0.29, 0.717) is 0 Å². The van der Waals surface area contributed by atoms with Crippen LogP contribution in [-0.2, 0) is 5.41 Å². The van der Waals surface area contributed by atoms with Crippen LogP contribution in [-0.4, -0.2) is 4.57 Å². The monoisotopic (exact) mass is 576 g/mol. The lowest BCUT2D eigenvalue weighted by atomic mass is 9.82. The molecule has 0 amide bonds. The molecule has 0 bridgehead atoms. The van der Waals surface area contributed by atoms with E-state index < -0.39 is 0 Å². The topological polar surface area (TPSA) is 8.17 Å². The normalized spacial score (nSPS) is 13.3. The van der Waals surface area contributed by atoms with Crippen LogP contribution in [0.2, 0.25) is 0 Å². The van der Waals surface area contributed by atoms with Crippen LogP contribution < -0.4 is 4.90 Å². The Morgan fingerprint density at radius 2 is 1.07 bits per heavy atom. The number of benzene rings is 7. The first-order chi connectivity index (χ1) is 22.1. The fraction of sp³-hybridized carbons (Fsp3) is 0.0698. The molecule has 2 heteroatoms. The molecular formula is C43H32N2. The molecule has 0 saturated carbocycles. The summed E-state index contributed by atoms with van der Waals surface area (Å²) in [7, 11) is 0. The molecule has 9 rings (SSSR count). The molecule has 1 aliphatic rings. The molecule has 1 heterocycles. The summed E-state index contributed by atoms with van der Waals surface area (Å²) in [5.41, 5.74) is 12.3. The van der Waals surface area contributed by atoms with Gasteiger partial charge in [0.15, 0.2) is 0 Å². The Labute approximate surface area is 263 Å². The molecule has 45 heavy (non-hydrogen) atoms. The molecule has 0 radical (unpaired) electrons. The third kappa shape index (κ3) is 3.76. The van der Waals surface area contributed by atoms with Crippen molar-refractivity contribution < 1.29 is 0 Å². The average Bonchev–Trinajstić information content (AvgIpc) is 3.54. The minimum Gasteiger partial charge on any atom is -0.308 e. The Morgan fingerprint density at radius 3 is 1.82 bits per heavy atom. The molecule has 1 aromatic heterocycles. The van der Waals surface area contributed by atoms with Crippen LogP contribution in [0.4, 0.5) is 17.1 Å². The molecule has 0 fully saturated rings. The summed E-state index contributed by atoms with van der Waals surface area (Å²) in [4.78, 5) is 2.47. The highest BCUT2D eigenvalue weighted by molar-refractivity contribution is 6.11. The van der Waals surface area contributed by atoms with Crippen molar-refractivity contribution >= 4 is 49.6 Å². The minimum atomic E-state index is -0.0985. The van der Waals surface area contributed by atoms with Gasteiger partial charge >= 0.3 is 0 Å². The average molecular weight is 577 g/mol. The zero-order valence-corrected chi connectivity index (χ0v) is 25.4.